The first kappa shape index (κ1) is 13.6. The summed E-state index contributed by atoms with van der Waals surface area (Å²) in [5.41, 5.74) is 0. The van der Waals surface area contributed by atoms with Crippen LogP contribution in [0.3, 0.4) is 0 Å². The van der Waals surface area contributed by atoms with Crippen LogP contribution in [0.1, 0.15) is 38.5 Å². The van der Waals surface area contributed by atoms with E-state index in [9.17, 15) is 0 Å². The zero-order chi connectivity index (χ0) is 11.0. The maximum Gasteiger partial charge on any atom is 0.0116 e. The van der Waals surface area contributed by atoms with E-state index in [0.29, 0.717) is 0 Å². The van der Waals surface area contributed by atoms with Crippen LogP contribution in [0.4, 0.5) is 0 Å². The summed E-state index contributed by atoms with van der Waals surface area (Å²) in [5, 5.41) is 3.46. The molecule has 0 amide bonds. The summed E-state index contributed by atoms with van der Waals surface area (Å²) in [6.07, 6.45) is 8.90. The normalized spacial score (nSPS) is 37.4. The summed E-state index contributed by atoms with van der Waals surface area (Å²) in [6.45, 7) is 3.84. The van der Waals surface area contributed by atoms with E-state index in [1.54, 1.807) is 12.8 Å². The summed E-state index contributed by atoms with van der Waals surface area (Å²) in [7, 11) is 2.36. The van der Waals surface area contributed by atoms with Crippen molar-refractivity contribution >= 4 is 12.4 Å². The molecule has 0 spiro atoms. The van der Waals surface area contributed by atoms with Gasteiger partial charge in [0.25, 0.3) is 0 Å². The molecule has 0 aromatic heterocycles. The minimum absolute atomic E-state index is 0. The van der Waals surface area contributed by atoms with Crippen LogP contribution in [0.5, 0.6) is 0 Å². The zero-order valence-electron chi connectivity index (χ0n) is 11.0. The predicted molar refractivity (Wildman–Crippen MR) is 74.7 cm³/mol. The lowest BCUT2D eigenvalue weighted by atomic mass is 9.88. The SMILES string of the molecule is CN(CC1CC2CCC1C2)C1CCNCC1.Cl. The minimum Gasteiger partial charge on any atom is -0.317 e. The molecular weight excluding hydrogens is 232 g/mol. The number of fused-ring (bicyclic) bond motifs is 2. The Balaban J connectivity index is 0.00000108. The molecule has 1 saturated heterocycles. The smallest absolute Gasteiger partial charge is 0.0116 e. The lowest BCUT2D eigenvalue weighted by molar-refractivity contribution is 0.148. The van der Waals surface area contributed by atoms with E-state index in [0.717, 1.165) is 23.8 Å². The van der Waals surface area contributed by atoms with E-state index in [4.69, 9.17) is 0 Å². The predicted octanol–water partition coefficient (Wildman–Crippen LogP) is 2.53. The van der Waals surface area contributed by atoms with Gasteiger partial charge in [0.2, 0.25) is 0 Å². The molecule has 0 aromatic carbocycles. The van der Waals surface area contributed by atoms with Gasteiger partial charge in [0.15, 0.2) is 0 Å². The lowest BCUT2D eigenvalue weighted by Gasteiger charge is -2.35. The molecule has 3 aliphatic rings. The first-order chi connectivity index (χ1) is 7.83. The van der Waals surface area contributed by atoms with Gasteiger partial charge in [-0.05, 0) is 70.0 Å². The third kappa shape index (κ3) is 2.97. The van der Waals surface area contributed by atoms with Crippen molar-refractivity contribution < 1.29 is 0 Å². The van der Waals surface area contributed by atoms with Gasteiger partial charge >= 0.3 is 0 Å². The number of hydrogen-bond acceptors (Lipinski definition) is 2. The molecule has 3 unspecified atom stereocenters. The van der Waals surface area contributed by atoms with Gasteiger partial charge in [-0.15, -0.1) is 12.4 Å². The van der Waals surface area contributed by atoms with E-state index in [-0.39, 0.29) is 12.4 Å². The van der Waals surface area contributed by atoms with Crippen molar-refractivity contribution in [3.63, 3.8) is 0 Å². The Morgan fingerprint density at radius 3 is 2.41 bits per heavy atom. The number of rotatable bonds is 3. The van der Waals surface area contributed by atoms with E-state index >= 15 is 0 Å². The van der Waals surface area contributed by atoms with Crippen molar-refractivity contribution in [3.05, 3.63) is 0 Å². The number of hydrogen-bond donors (Lipinski definition) is 1. The zero-order valence-corrected chi connectivity index (χ0v) is 11.8. The van der Waals surface area contributed by atoms with E-state index in [1.807, 2.05) is 0 Å². The fraction of sp³-hybridized carbons (Fsp3) is 1.00. The number of nitrogens with zero attached hydrogens (tertiary/aromatic N) is 1. The molecule has 3 atom stereocenters. The van der Waals surface area contributed by atoms with Crippen LogP contribution in [-0.4, -0.2) is 37.6 Å². The molecule has 3 fully saturated rings. The van der Waals surface area contributed by atoms with Gasteiger partial charge in [-0.2, -0.15) is 0 Å². The largest absolute Gasteiger partial charge is 0.317 e. The van der Waals surface area contributed by atoms with Crippen molar-refractivity contribution in [2.24, 2.45) is 17.8 Å². The Kier molecular flexibility index (Phi) is 4.73. The molecule has 0 radical (unpaired) electrons. The van der Waals surface area contributed by atoms with Gasteiger partial charge in [-0.1, -0.05) is 6.42 Å². The molecule has 0 aromatic rings. The Bertz CT molecular complexity index is 240. The second-order valence-corrected chi connectivity index (χ2v) is 6.36. The highest BCUT2D eigenvalue weighted by Crippen LogP contribution is 2.48. The first-order valence-corrected chi connectivity index (χ1v) is 7.24. The van der Waals surface area contributed by atoms with Crippen molar-refractivity contribution in [1.29, 1.82) is 0 Å². The average molecular weight is 259 g/mol. The van der Waals surface area contributed by atoms with Gasteiger partial charge in [-0.3, -0.25) is 0 Å². The maximum atomic E-state index is 3.46. The van der Waals surface area contributed by atoms with E-state index in [2.05, 4.69) is 17.3 Å². The van der Waals surface area contributed by atoms with Crippen LogP contribution in [0.2, 0.25) is 0 Å². The molecule has 1 N–H and O–H groups in total. The Morgan fingerprint density at radius 2 is 1.82 bits per heavy atom. The van der Waals surface area contributed by atoms with E-state index in [1.165, 1.54) is 45.3 Å². The second-order valence-electron chi connectivity index (χ2n) is 6.36. The standard InChI is InChI=1S/C14H26N2.ClH/c1-16(14-4-6-15-7-5-14)10-13-9-11-2-3-12(13)8-11;/h11-15H,2-10H2,1H3;1H. The summed E-state index contributed by atoms with van der Waals surface area (Å²) in [5.74, 6) is 3.24. The van der Waals surface area contributed by atoms with E-state index < -0.39 is 0 Å². The summed E-state index contributed by atoms with van der Waals surface area (Å²) in [4.78, 5) is 2.67. The van der Waals surface area contributed by atoms with Crippen molar-refractivity contribution in [2.75, 3.05) is 26.7 Å². The van der Waals surface area contributed by atoms with Crippen molar-refractivity contribution in [2.45, 2.75) is 44.6 Å². The quantitative estimate of drug-likeness (QED) is 0.837. The molecule has 1 aliphatic heterocycles. The Morgan fingerprint density at radius 1 is 1.06 bits per heavy atom. The molecular formula is C14H27ClN2. The fourth-order valence-electron chi connectivity index (χ4n) is 4.37. The number of nitrogens with one attached hydrogen (secondary N) is 1. The maximum absolute atomic E-state index is 3.46. The molecule has 1 heterocycles. The van der Waals surface area contributed by atoms with Crippen molar-refractivity contribution in [1.82, 2.24) is 10.2 Å². The second kappa shape index (κ2) is 5.90. The molecule has 17 heavy (non-hydrogen) atoms. The Hall–Kier alpha value is 0.210. The third-order valence-corrected chi connectivity index (χ3v) is 5.34. The topological polar surface area (TPSA) is 15.3 Å². The van der Waals surface area contributed by atoms with Crippen LogP contribution in [0.15, 0.2) is 0 Å². The van der Waals surface area contributed by atoms with Crippen LogP contribution in [0.25, 0.3) is 0 Å². The first-order valence-electron chi connectivity index (χ1n) is 7.24. The monoisotopic (exact) mass is 258 g/mol. The number of halogens is 1. The van der Waals surface area contributed by atoms with Gasteiger partial charge < -0.3 is 10.2 Å². The highest BCUT2D eigenvalue weighted by Gasteiger charge is 2.40. The van der Waals surface area contributed by atoms with Crippen LogP contribution >= 0.6 is 12.4 Å². The van der Waals surface area contributed by atoms with Crippen LogP contribution < -0.4 is 5.32 Å². The van der Waals surface area contributed by atoms with Gasteiger partial charge in [-0.25, -0.2) is 0 Å². The van der Waals surface area contributed by atoms with Gasteiger partial charge in [0.1, 0.15) is 0 Å². The summed E-state index contributed by atoms with van der Waals surface area (Å²) >= 11 is 0. The molecule has 2 nitrogen and oxygen atoms in total. The molecule has 3 heteroatoms. The third-order valence-electron chi connectivity index (χ3n) is 5.34. The van der Waals surface area contributed by atoms with Crippen LogP contribution in [0, 0.1) is 17.8 Å². The molecule has 2 aliphatic carbocycles. The van der Waals surface area contributed by atoms with Gasteiger partial charge in [0, 0.05) is 12.6 Å². The van der Waals surface area contributed by atoms with Crippen molar-refractivity contribution in [3.8, 4) is 0 Å². The fourth-order valence-corrected chi connectivity index (χ4v) is 4.37. The van der Waals surface area contributed by atoms with Crippen LogP contribution in [-0.2, 0) is 0 Å². The van der Waals surface area contributed by atoms with Gasteiger partial charge in [0.05, 0.1) is 0 Å². The molecule has 2 saturated carbocycles. The highest BCUT2D eigenvalue weighted by atomic mass is 35.5. The average Bonchev–Trinajstić information content (AvgIpc) is 2.92. The molecule has 100 valence electrons. The summed E-state index contributed by atoms with van der Waals surface area (Å²) < 4.78 is 0. The molecule has 3 rings (SSSR count). The minimum atomic E-state index is 0. The Labute approximate surface area is 112 Å². The number of piperidine rings is 1. The molecule has 2 bridgehead atoms. The highest BCUT2D eigenvalue weighted by molar-refractivity contribution is 5.85. The summed E-state index contributed by atoms with van der Waals surface area (Å²) in [6, 6.07) is 0.861. The lowest BCUT2D eigenvalue weighted by Crippen LogP contribution is -2.43.